The first kappa shape index (κ1) is 13.4. The van der Waals surface area contributed by atoms with Gasteiger partial charge in [0.25, 0.3) is 0 Å². The van der Waals surface area contributed by atoms with E-state index in [-0.39, 0.29) is 11.3 Å². The molecule has 2 rings (SSSR count). The normalized spacial score (nSPS) is 10.7. The third-order valence-electron chi connectivity index (χ3n) is 2.74. The SMILES string of the molecule is Cc1cc(C)c(C(=O)c2cc(C)c(Br)s2)c(F)c1. The van der Waals surface area contributed by atoms with E-state index in [0.717, 1.165) is 14.9 Å². The summed E-state index contributed by atoms with van der Waals surface area (Å²) in [6.45, 7) is 5.49. The van der Waals surface area contributed by atoms with Crippen LogP contribution in [0, 0.1) is 26.6 Å². The summed E-state index contributed by atoms with van der Waals surface area (Å²) in [5.41, 5.74) is 2.67. The topological polar surface area (TPSA) is 17.1 Å². The van der Waals surface area contributed by atoms with Gasteiger partial charge in [0.1, 0.15) is 5.82 Å². The molecule has 0 aliphatic heterocycles. The molecule has 1 heterocycles. The number of thiophene rings is 1. The lowest BCUT2D eigenvalue weighted by Crippen LogP contribution is -2.05. The Hall–Kier alpha value is -1.00. The summed E-state index contributed by atoms with van der Waals surface area (Å²) in [6, 6.07) is 5.01. The van der Waals surface area contributed by atoms with Gasteiger partial charge < -0.3 is 0 Å². The molecule has 0 unspecified atom stereocenters. The lowest BCUT2D eigenvalue weighted by Gasteiger charge is -2.06. The number of carbonyl (C=O) groups is 1. The van der Waals surface area contributed by atoms with Crippen molar-refractivity contribution < 1.29 is 9.18 Å². The summed E-state index contributed by atoms with van der Waals surface area (Å²) < 4.78 is 14.8. The number of halogens is 2. The Morgan fingerprint density at radius 2 is 1.83 bits per heavy atom. The van der Waals surface area contributed by atoms with Gasteiger partial charge in [-0.05, 0) is 65.5 Å². The van der Waals surface area contributed by atoms with E-state index in [1.165, 1.54) is 17.4 Å². The maximum atomic E-state index is 13.9. The van der Waals surface area contributed by atoms with Gasteiger partial charge in [-0.25, -0.2) is 4.39 Å². The van der Waals surface area contributed by atoms with Gasteiger partial charge in [-0.15, -0.1) is 11.3 Å². The highest BCUT2D eigenvalue weighted by Gasteiger charge is 2.19. The zero-order chi connectivity index (χ0) is 13.4. The van der Waals surface area contributed by atoms with Crippen LogP contribution in [0.2, 0.25) is 0 Å². The van der Waals surface area contributed by atoms with E-state index in [0.29, 0.717) is 10.4 Å². The minimum atomic E-state index is -0.445. The Labute approximate surface area is 118 Å². The van der Waals surface area contributed by atoms with Crippen LogP contribution >= 0.6 is 27.3 Å². The summed E-state index contributed by atoms with van der Waals surface area (Å²) in [7, 11) is 0. The smallest absolute Gasteiger partial charge is 0.206 e. The summed E-state index contributed by atoms with van der Waals surface area (Å²) >= 11 is 4.72. The van der Waals surface area contributed by atoms with Crippen LogP contribution in [0.1, 0.15) is 31.9 Å². The molecule has 1 nitrogen and oxygen atoms in total. The number of aryl methyl sites for hydroxylation is 3. The lowest BCUT2D eigenvalue weighted by molar-refractivity contribution is 0.103. The Kier molecular flexibility index (Phi) is 3.69. The van der Waals surface area contributed by atoms with Crippen molar-refractivity contribution >= 4 is 33.0 Å². The Balaban J connectivity index is 2.52. The second-order valence-electron chi connectivity index (χ2n) is 4.34. The van der Waals surface area contributed by atoms with Crippen LogP contribution in [0.25, 0.3) is 0 Å². The Bertz CT molecular complexity index is 588. The van der Waals surface area contributed by atoms with Crippen molar-refractivity contribution in [3.8, 4) is 0 Å². The van der Waals surface area contributed by atoms with Crippen molar-refractivity contribution in [2.45, 2.75) is 20.8 Å². The van der Waals surface area contributed by atoms with Crippen LogP contribution in [-0.2, 0) is 0 Å². The highest BCUT2D eigenvalue weighted by molar-refractivity contribution is 9.11. The van der Waals surface area contributed by atoms with E-state index in [2.05, 4.69) is 15.9 Å². The second-order valence-corrected chi connectivity index (χ2v) is 6.71. The zero-order valence-corrected chi connectivity index (χ0v) is 12.7. The van der Waals surface area contributed by atoms with Crippen molar-refractivity contribution in [2.75, 3.05) is 0 Å². The fourth-order valence-electron chi connectivity index (χ4n) is 1.90. The van der Waals surface area contributed by atoms with Crippen LogP contribution in [0.5, 0.6) is 0 Å². The predicted molar refractivity (Wildman–Crippen MR) is 76.1 cm³/mol. The first-order valence-electron chi connectivity index (χ1n) is 5.47. The molecule has 18 heavy (non-hydrogen) atoms. The van der Waals surface area contributed by atoms with Crippen LogP contribution in [0.15, 0.2) is 22.0 Å². The molecule has 4 heteroatoms. The first-order chi connectivity index (χ1) is 8.40. The molecule has 0 atom stereocenters. The fraction of sp³-hybridized carbons (Fsp3) is 0.214. The quantitative estimate of drug-likeness (QED) is 0.724. The van der Waals surface area contributed by atoms with Crippen molar-refractivity contribution in [2.24, 2.45) is 0 Å². The van der Waals surface area contributed by atoms with Gasteiger partial charge in [0.05, 0.1) is 14.2 Å². The van der Waals surface area contributed by atoms with Gasteiger partial charge in [-0.3, -0.25) is 4.79 Å². The van der Waals surface area contributed by atoms with E-state index in [1.54, 1.807) is 13.0 Å². The summed E-state index contributed by atoms with van der Waals surface area (Å²) in [5, 5.41) is 0. The van der Waals surface area contributed by atoms with Crippen LogP contribution < -0.4 is 0 Å². The number of rotatable bonds is 2. The summed E-state index contributed by atoms with van der Waals surface area (Å²) in [6.07, 6.45) is 0. The summed E-state index contributed by atoms with van der Waals surface area (Å²) in [5.74, 6) is -0.691. The number of benzene rings is 1. The number of hydrogen-bond acceptors (Lipinski definition) is 2. The monoisotopic (exact) mass is 326 g/mol. The van der Waals surface area contributed by atoms with Gasteiger partial charge in [-0.1, -0.05) is 6.07 Å². The van der Waals surface area contributed by atoms with Crippen LogP contribution in [0.4, 0.5) is 4.39 Å². The van der Waals surface area contributed by atoms with Gasteiger partial charge in [0, 0.05) is 0 Å². The summed E-state index contributed by atoms with van der Waals surface area (Å²) in [4.78, 5) is 12.9. The molecule has 0 saturated carbocycles. The van der Waals surface area contributed by atoms with Gasteiger partial charge in [0.2, 0.25) is 5.78 Å². The molecular weight excluding hydrogens is 315 g/mol. The molecule has 0 aliphatic rings. The molecule has 0 amide bonds. The van der Waals surface area contributed by atoms with Crippen LogP contribution in [0.3, 0.4) is 0 Å². The number of carbonyl (C=O) groups excluding carboxylic acids is 1. The van der Waals surface area contributed by atoms with E-state index >= 15 is 0 Å². The third-order valence-corrected chi connectivity index (χ3v) is 4.88. The average molecular weight is 327 g/mol. The molecule has 1 aromatic heterocycles. The van der Waals surface area contributed by atoms with Gasteiger partial charge >= 0.3 is 0 Å². The predicted octanol–water partition coefficient (Wildman–Crippen LogP) is 4.81. The zero-order valence-electron chi connectivity index (χ0n) is 10.3. The molecule has 0 N–H and O–H groups in total. The molecule has 0 spiro atoms. The fourth-order valence-corrected chi connectivity index (χ4v) is 3.38. The molecule has 1 aromatic carbocycles. The van der Waals surface area contributed by atoms with Crippen molar-refractivity contribution in [1.82, 2.24) is 0 Å². The minimum Gasteiger partial charge on any atom is -0.288 e. The van der Waals surface area contributed by atoms with Crippen LogP contribution in [-0.4, -0.2) is 5.78 Å². The molecule has 0 fully saturated rings. The van der Waals surface area contributed by atoms with Gasteiger partial charge in [-0.2, -0.15) is 0 Å². The lowest BCUT2D eigenvalue weighted by atomic mass is 10.0. The molecular formula is C14H12BrFOS. The van der Waals surface area contributed by atoms with Crippen molar-refractivity contribution in [1.29, 1.82) is 0 Å². The minimum absolute atomic E-state index is 0.175. The Morgan fingerprint density at radius 3 is 2.33 bits per heavy atom. The average Bonchev–Trinajstić information content (AvgIpc) is 2.57. The molecule has 0 radical (unpaired) electrons. The van der Waals surface area contributed by atoms with Gasteiger partial charge in [0.15, 0.2) is 0 Å². The molecule has 0 aliphatic carbocycles. The third kappa shape index (κ3) is 2.40. The maximum absolute atomic E-state index is 13.9. The highest BCUT2D eigenvalue weighted by Crippen LogP contribution is 2.30. The standard InChI is InChI=1S/C14H12BrFOS/c1-7-4-8(2)12(10(16)5-7)13(17)11-6-9(3)14(15)18-11/h4-6H,1-3H3. The molecule has 0 bridgehead atoms. The molecule has 2 aromatic rings. The van der Waals surface area contributed by atoms with E-state index in [4.69, 9.17) is 0 Å². The molecule has 0 saturated heterocycles. The van der Waals surface area contributed by atoms with Crippen molar-refractivity contribution in [3.05, 3.63) is 54.9 Å². The number of ketones is 1. The highest BCUT2D eigenvalue weighted by atomic mass is 79.9. The molecule has 94 valence electrons. The van der Waals surface area contributed by atoms with E-state index in [1.807, 2.05) is 19.9 Å². The second kappa shape index (κ2) is 4.94. The maximum Gasteiger partial charge on any atom is 0.206 e. The van der Waals surface area contributed by atoms with E-state index < -0.39 is 5.82 Å². The largest absolute Gasteiger partial charge is 0.288 e. The van der Waals surface area contributed by atoms with Crippen molar-refractivity contribution in [3.63, 3.8) is 0 Å². The Morgan fingerprint density at radius 1 is 1.17 bits per heavy atom. The first-order valence-corrected chi connectivity index (χ1v) is 7.08. The number of hydrogen-bond donors (Lipinski definition) is 0. The van der Waals surface area contributed by atoms with E-state index in [9.17, 15) is 9.18 Å².